The van der Waals surface area contributed by atoms with Gasteiger partial charge in [0, 0.05) is 5.02 Å². The van der Waals surface area contributed by atoms with Gasteiger partial charge in [-0.1, -0.05) is 17.7 Å². The van der Waals surface area contributed by atoms with Crippen molar-refractivity contribution < 1.29 is 0 Å². The Balaban J connectivity index is 2.46. The molecule has 0 aliphatic rings. The number of H-pyrrole nitrogens is 1. The predicted molar refractivity (Wildman–Crippen MR) is 82.4 cm³/mol. The van der Waals surface area contributed by atoms with Crippen LogP contribution in [0.15, 0.2) is 34.4 Å². The number of hydrogen-bond donors (Lipinski definition) is 1. The van der Waals surface area contributed by atoms with Gasteiger partial charge in [0.1, 0.15) is 4.70 Å². The van der Waals surface area contributed by atoms with E-state index in [4.69, 9.17) is 23.8 Å². The van der Waals surface area contributed by atoms with Crippen LogP contribution in [0.4, 0.5) is 0 Å². The van der Waals surface area contributed by atoms with Gasteiger partial charge in [0.2, 0.25) is 0 Å². The molecule has 0 aliphatic carbocycles. The van der Waals surface area contributed by atoms with Crippen LogP contribution in [0.25, 0.3) is 15.9 Å². The van der Waals surface area contributed by atoms with Crippen LogP contribution in [0, 0.1) is 11.7 Å². The van der Waals surface area contributed by atoms with Gasteiger partial charge in [-0.25, -0.2) is 0 Å². The summed E-state index contributed by atoms with van der Waals surface area (Å²) in [4.78, 5) is 15.6. The van der Waals surface area contributed by atoms with Crippen molar-refractivity contribution in [2.24, 2.45) is 0 Å². The van der Waals surface area contributed by atoms with E-state index in [2.05, 4.69) is 4.98 Å². The molecule has 6 heteroatoms. The predicted octanol–water partition coefficient (Wildman–Crippen LogP) is 4.07. The van der Waals surface area contributed by atoms with Crippen LogP contribution >= 0.6 is 35.2 Å². The zero-order valence-electron chi connectivity index (χ0n) is 9.94. The van der Waals surface area contributed by atoms with Gasteiger partial charge in [-0.15, -0.1) is 11.3 Å². The number of aromatic nitrogens is 2. The molecule has 19 heavy (non-hydrogen) atoms. The third-order valence-electron chi connectivity index (χ3n) is 2.99. The van der Waals surface area contributed by atoms with Crippen LogP contribution in [0.1, 0.15) is 5.56 Å². The van der Waals surface area contributed by atoms with Gasteiger partial charge in [-0.2, -0.15) is 0 Å². The Hall–Kier alpha value is -1.43. The Bertz CT molecular complexity index is 892. The van der Waals surface area contributed by atoms with Crippen molar-refractivity contribution in [2.45, 2.75) is 6.92 Å². The highest BCUT2D eigenvalue weighted by Gasteiger charge is 2.11. The van der Waals surface area contributed by atoms with Gasteiger partial charge in [0.05, 0.1) is 11.2 Å². The number of halogens is 1. The van der Waals surface area contributed by atoms with Gasteiger partial charge in [-0.3, -0.25) is 9.36 Å². The number of nitrogens with zero attached hydrogens (tertiary/aromatic N) is 1. The van der Waals surface area contributed by atoms with E-state index in [9.17, 15) is 4.79 Å². The summed E-state index contributed by atoms with van der Waals surface area (Å²) in [5, 5.41) is 2.48. The molecule has 1 N–H and O–H groups in total. The van der Waals surface area contributed by atoms with E-state index < -0.39 is 0 Å². The minimum atomic E-state index is -0.112. The summed E-state index contributed by atoms with van der Waals surface area (Å²) in [5.41, 5.74) is 2.21. The van der Waals surface area contributed by atoms with Crippen molar-refractivity contribution in [3.8, 4) is 5.69 Å². The van der Waals surface area contributed by atoms with Crippen molar-refractivity contribution in [1.29, 1.82) is 0 Å². The first-order chi connectivity index (χ1) is 9.09. The molecule has 0 unspecified atom stereocenters. The Morgan fingerprint density at radius 1 is 1.37 bits per heavy atom. The molecular formula is C13H9ClN2OS2. The highest BCUT2D eigenvalue weighted by Crippen LogP contribution is 2.22. The van der Waals surface area contributed by atoms with Crippen LogP contribution in [-0.2, 0) is 0 Å². The number of hydrogen-bond acceptors (Lipinski definition) is 3. The molecule has 3 aromatic rings. The molecule has 1 aromatic carbocycles. The fourth-order valence-electron chi connectivity index (χ4n) is 2.00. The first-order valence-electron chi connectivity index (χ1n) is 5.57. The normalized spacial score (nSPS) is 11.1. The number of nitrogens with one attached hydrogen (secondary N) is 1. The Kier molecular flexibility index (Phi) is 3.05. The first kappa shape index (κ1) is 12.6. The second kappa shape index (κ2) is 4.59. The first-order valence-corrected chi connectivity index (χ1v) is 7.24. The fraction of sp³-hybridized carbons (Fsp3) is 0.0769. The van der Waals surface area contributed by atoms with E-state index in [0.29, 0.717) is 20.2 Å². The monoisotopic (exact) mass is 308 g/mol. The molecule has 0 radical (unpaired) electrons. The Morgan fingerprint density at radius 3 is 2.95 bits per heavy atom. The molecule has 3 rings (SSSR count). The van der Waals surface area contributed by atoms with Crippen LogP contribution in [0.2, 0.25) is 5.02 Å². The standard InChI is InChI=1S/C13H9ClN2OS2/c1-7-8(14)3-2-4-10(7)16-12(17)11-9(5-6-19-11)15-13(16)18/h2-6H,1H3,(H,15,18). The smallest absolute Gasteiger partial charge is 0.276 e. The third-order valence-corrected chi connectivity index (χ3v) is 4.58. The molecule has 0 atom stereocenters. The molecular weight excluding hydrogens is 300 g/mol. The van der Waals surface area contributed by atoms with Gasteiger partial charge >= 0.3 is 0 Å². The Morgan fingerprint density at radius 2 is 2.16 bits per heavy atom. The summed E-state index contributed by atoms with van der Waals surface area (Å²) in [6.45, 7) is 1.87. The summed E-state index contributed by atoms with van der Waals surface area (Å²) in [6, 6.07) is 7.30. The van der Waals surface area contributed by atoms with Crippen LogP contribution in [0.3, 0.4) is 0 Å². The van der Waals surface area contributed by atoms with Crippen LogP contribution in [-0.4, -0.2) is 9.55 Å². The molecule has 2 heterocycles. The highest BCUT2D eigenvalue weighted by molar-refractivity contribution is 7.71. The second-order valence-corrected chi connectivity index (χ2v) is 5.83. The molecule has 0 aliphatic heterocycles. The summed E-state index contributed by atoms with van der Waals surface area (Å²) in [6.07, 6.45) is 0. The lowest BCUT2D eigenvalue weighted by Gasteiger charge is -2.10. The summed E-state index contributed by atoms with van der Waals surface area (Å²) >= 11 is 12.8. The van der Waals surface area contributed by atoms with E-state index >= 15 is 0 Å². The average Bonchev–Trinajstić information content (AvgIpc) is 2.82. The molecule has 96 valence electrons. The van der Waals surface area contributed by atoms with Gasteiger partial charge in [0.15, 0.2) is 4.77 Å². The lowest BCUT2D eigenvalue weighted by Crippen LogP contribution is -2.20. The zero-order valence-corrected chi connectivity index (χ0v) is 12.3. The largest absolute Gasteiger partial charge is 0.331 e. The van der Waals surface area contributed by atoms with Crippen molar-refractivity contribution in [1.82, 2.24) is 9.55 Å². The second-order valence-electron chi connectivity index (χ2n) is 4.12. The van der Waals surface area contributed by atoms with E-state index in [1.54, 1.807) is 6.07 Å². The maximum Gasteiger partial charge on any atom is 0.276 e. The SMILES string of the molecule is Cc1c(Cl)cccc1-n1c(=S)[nH]c2ccsc2c1=O. The molecule has 0 saturated heterocycles. The molecule has 0 saturated carbocycles. The average molecular weight is 309 g/mol. The van der Waals surface area contributed by atoms with E-state index in [1.807, 2.05) is 30.5 Å². The topological polar surface area (TPSA) is 37.8 Å². The zero-order chi connectivity index (χ0) is 13.6. The lowest BCUT2D eigenvalue weighted by molar-refractivity contribution is 0.934. The van der Waals surface area contributed by atoms with E-state index in [-0.39, 0.29) is 5.56 Å². The summed E-state index contributed by atoms with van der Waals surface area (Å²) in [7, 11) is 0. The van der Waals surface area contributed by atoms with Crippen molar-refractivity contribution in [3.05, 3.63) is 55.4 Å². The Labute approximate surface area is 123 Å². The van der Waals surface area contributed by atoms with Crippen LogP contribution < -0.4 is 5.56 Å². The lowest BCUT2D eigenvalue weighted by atomic mass is 10.2. The minimum absolute atomic E-state index is 0.112. The molecule has 0 amide bonds. The fourth-order valence-corrected chi connectivity index (χ4v) is 3.23. The highest BCUT2D eigenvalue weighted by atomic mass is 35.5. The van der Waals surface area contributed by atoms with Gasteiger partial charge in [-0.05, 0) is 48.3 Å². The number of benzene rings is 1. The molecule has 0 bridgehead atoms. The molecule has 3 nitrogen and oxygen atoms in total. The van der Waals surface area contributed by atoms with Crippen molar-refractivity contribution >= 4 is 45.4 Å². The summed E-state index contributed by atoms with van der Waals surface area (Å²) in [5.74, 6) is 0. The summed E-state index contributed by atoms with van der Waals surface area (Å²) < 4.78 is 2.53. The quantitative estimate of drug-likeness (QED) is 0.688. The number of thiophene rings is 1. The van der Waals surface area contributed by atoms with Crippen molar-refractivity contribution in [3.63, 3.8) is 0 Å². The van der Waals surface area contributed by atoms with Gasteiger partial charge < -0.3 is 4.98 Å². The number of aromatic amines is 1. The minimum Gasteiger partial charge on any atom is -0.331 e. The maximum atomic E-state index is 12.5. The third kappa shape index (κ3) is 1.94. The molecule has 0 spiro atoms. The van der Waals surface area contributed by atoms with E-state index in [0.717, 1.165) is 11.1 Å². The molecule has 2 aromatic heterocycles. The van der Waals surface area contributed by atoms with Crippen molar-refractivity contribution in [2.75, 3.05) is 0 Å². The van der Waals surface area contributed by atoms with Gasteiger partial charge in [0.25, 0.3) is 5.56 Å². The van der Waals surface area contributed by atoms with Crippen LogP contribution in [0.5, 0.6) is 0 Å². The number of fused-ring (bicyclic) bond motifs is 1. The molecule has 0 fully saturated rings. The van der Waals surface area contributed by atoms with E-state index in [1.165, 1.54) is 15.9 Å². The maximum absolute atomic E-state index is 12.5. The number of rotatable bonds is 1.